The SMILES string of the molecule is NC(=O)[C@@H](c1ccccc1)N1CCC(CN2CCOCC2)CC1. The van der Waals surface area contributed by atoms with Crippen molar-refractivity contribution < 1.29 is 9.53 Å². The number of piperidine rings is 1. The minimum Gasteiger partial charge on any atom is -0.379 e. The molecule has 1 aromatic rings. The topological polar surface area (TPSA) is 58.8 Å². The van der Waals surface area contributed by atoms with E-state index in [4.69, 9.17) is 10.5 Å². The van der Waals surface area contributed by atoms with Crippen molar-refractivity contribution in [3.8, 4) is 0 Å². The number of nitrogens with two attached hydrogens (primary N) is 1. The summed E-state index contributed by atoms with van der Waals surface area (Å²) in [6.07, 6.45) is 2.27. The molecule has 0 aliphatic carbocycles. The summed E-state index contributed by atoms with van der Waals surface area (Å²) in [6, 6.07) is 9.61. The Labute approximate surface area is 138 Å². The third kappa shape index (κ3) is 4.31. The lowest BCUT2D eigenvalue weighted by atomic mass is 9.93. The highest BCUT2D eigenvalue weighted by Crippen LogP contribution is 2.27. The van der Waals surface area contributed by atoms with Crippen molar-refractivity contribution in [2.75, 3.05) is 45.9 Å². The van der Waals surface area contributed by atoms with Gasteiger partial charge in [0.05, 0.1) is 13.2 Å². The van der Waals surface area contributed by atoms with Crippen molar-refractivity contribution in [3.05, 3.63) is 35.9 Å². The predicted octanol–water partition coefficient (Wildman–Crippen LogP) is 1.26. The summed E-state index contributed by atoms with van der Waals surface area (Å²) < 4.78 is 5.41. The van der Waals surface area contributed by atoms with Crippen LogP contribution in [0.1, 0.15) is 24.4 Å². The standard InChI is InChI=1S/C18H27N3O2/c19-18(22)17(16-4-2-1-3-5-16)21-8-6-15(7-9-21)14-20-10-12-23-13-11-20/h1-5,15,17H,6-14H2,(H2,19,22)/t17-/m1/s1. The fourth-order valence-electron chi connectivity index (χ4n) is 3.73. The number of ether oxygens (including phenoxy) is 1. The zero-order chi connectivity index (χ0) is 16.1. The highest BCUT2D eigenvalue weighted by Gasteiger charge is 2.30. The highest BCUT2D eigenvalue weighted by molar-refractivity contribution is 5.81. The Balaban J connectivity index is 1.55. The van der Waals surface area contributed by atoms with Gasteiger partial charge in [0.25, 0.3) is 0 Å². The molecule has 0 aromatic heterocycles. The molecule has 5 nitrogen and oxygen atoms in total. The van der Waals surface area contributed by atoms with Crippen LogP contribution in [0.25, 0.3) is 0 Å². The average Bonchev–Trinajstić information content (AvgIpc) is 2.58. The van der Waals surface area contributed by atoms with Gasteiger partial charge in [-0.1, -0.05) is 30.3 Å². The summed E-state index contributed by atoms with van der Waals surface area (Å²) in [5.41, 5.74) is 6.69. The first-order valence-corrected chi connectivity index (χ1v) is 8.62. The lowest BCUT2D eigenvalue weighted by Gasteiger charge is -2.38. The number of benzene rings is 1. The van der Waals surface area contributed by atoms with Crippen LogP contribution in [-0.2, 0) is 9.53 Å². The second-order valence-electron chi connectivity index (χ2n) is 6.61. The van der Waals surface area contributed by atoms with Gasteiger partial charge in [-0.15, -0.1) is 0 Å². The Morgan fingerprint density at radius 2 is 1.78 bits per heavy atom. The van der Waals surface area contributed by atoms with Gasteiger partial charge in [-0.3, -0.25) is 14.6 Å². The first-order chi connectivity index (χ1) is 11.2. The number of carbonyl (C=O) groups is 1. The molecule has 2 aliphatic heterocycles. The van der Waals surface area contributed by atoms with Gasteiger partial charge in [0, 0.05) is 19.6 Å². The quantitative estimate of drug-likeness (QED) is 0.888. The van der Waals surface area contributed by atoms with Crippen LogP contribution < -0.4 is 5.73 Å². The molecular formula is C18H27N3O2. The number of rotatable bonds is 5. The smallest absolute Gasteiger partial charge is 0.239 e. The van der Waals surface area contributed by atoms with Gasteiger partial charge in [-0.05, 0) is 37.4 Å². The molecule has 0 saturated carbocycles. The molecular weight excluding hydrogens is 290 g/mol. The number of likely N-dealkylation sites (tertiary alicyclic amines) is 1. The molecule has 0 unspecified atom stereocenters. The second-order valence-corrected chi connectivity index (χ2v) is 6.61. The molecule has 2 saturated heterocycles. The fourth-order valence-corrected chi connectivity index (χ4v) is 3.73. The summed E-state index contributed by atoms with van der Waals surface area (Å²) in [5.74, 6) is 0.469. The average molecular weight is 317 g/mol. The molecule has 1 amide bonds. The van der Waals surface area contributed by atoms with Crippen molar-refractivity contribution >= 4 is 5.91 Å². The van der Waals surface area contributed by atoms with Crippen LogP contribution in [0.4, 0.5) is 0 Å². The maximum atomic E-state index is 12.0. The van der Waals surface area contributed by atoms with Gasteiger partial charge in [-0.25, -0.2) is 0 Å². The highest BCUT2D eigenvalue weighted by atomic mass is 16.5. The summed E-state index contributed by atoms with van der Waals surface area (Å²) in [5, 5.41) is 0. The van der Waals surface area contributed by atoms with Crippen molar-refractivity contribution in [1.82, 2.24) is 9.80 Å². The Morgan fingerprint density at radius 3 is 2.39 bits per heavy atom. The number of nitrogens with zero attached hydrogens (tertiary/aromatic N) is 2. The van der Waals surface area contributed by atoms with Crippen LogP contribution in [0.15, 0.2) is 30.3 Å². The lowest BCUT2D eigenvalue weighted by molar-refractivity contribution is -0.124. The van der Waals surface area contributed by atoms with Crippen LogP contribution in [-0.4, -0.2) is 61.6 Å². The minimum absolute atomic E-state index is 0.247. The number of hydrogen-bond acceptors (Lipinski definition) is 4. The zero-order valence-electron chi connectivity index (χ0n) is 13.7. The first-order valence-electron chi connectivity index (χ1n) is 8.62. The predicted molar refractivity (Wildman–Crippen MR) is 89.9 cm³/mol. The van der Waals surface area contributed by atoms with Crippen molar-refractivity contribution in [3.63, 3.8) is 0 Å². The number of morpholine rings is 1. The maximum absolute atomic E-state index is 12.0. The van der Waals surface area contributed by atoms with Gasteiger partial charge >= 0.3 is 0 Å². The molecule has 2 aliphatic rings. The second kappa shape index (κ2) is 7.90. The maximum Gasteiger partial charge on any atom is 0.239 e. The van der Waals surface area contributed by atoms with E-state index in [-0.39, 0.29) is 11.9 Å². The van der Waals surface area contributed by atoms with E-state index in [2.05, 4.69) is 9.80 Å². The number of carbonyl (C=O) groups excluding carboxylic acids is 1. The van der Waals surface area contributed by atoms with Crippen LogP contribution in [0.2, 0.25) is 0 Å². The monoisotopic (exact) mass is 317 g/mol. The molecule has 126 valence electrons. The summed E-state index contributed by atoms with van der Waals surface area (Å²) in [4.78, 5) is 16.7. The normalized spacial score (nSPS) is 22.8. The van der Waals surface area contributed by atoms with Crippen molar-refractivity contribution in [2.24, 2.45) is 11.7 Å². The van der Waals surface area contributed by atoms with Gasteiger partial charge in [0.15, 0.2) is 0 Å². The molecule has 23 heavy (non-hydrogen) atoms. The van der Waals surface area contributed by atoms with Crippen molar-refractivity contribution in [2.45, 2.75) is 18.9 Å². The fraction of sp³-hybridized carbons (Fsp3) is 0.611. The minimum atomic E-state index is -0.291. The third-order valence-electron chi connectivity index (χ3n) is 5.02. The van der Waals surface area contributed by atoms with E-state index in [0.29, 0.717) is 5.92 Å². The largest absolute Gasteiger partial charge is 0.379 e. The first kappa shape index (κ1) is 16.4. The Morgan fingerprint density at radius 1 is 1.13 bits per heavy atom. The van der Waals surface area contributed by atoms with E-state index in [0.717, 1.165) is 64.3 Å². The van der Waals surface area contributed by atoms with E-state index in [9.17, 15) is 4.79 Å². The van der Waals surface area contributed by atoms with Crippen molar-refractivity contribution in [1.29, 1.82) is 0 Å². The van der Waals surface area contributed by atoms with Gasteiger partial charge < -0.3 is 10.5 Å². The Kier molecular flexibility index (Phi) is 5.65. The molecule has 1 aromatic carbocycles. The van der Waals surface area contributed by atoms with E-state index in [1.54, 1.807) is 0 Å². The van der Waals surface area contributed by atoms with E-state index in [1.807, 2.05) is 30.3 Å². The molecule has 2 N–H and O–H groups in total. The summed E-state index contributed by atoms with van der Waals surface area (Å²) in [7, 11) is 0. The van der Waals surface area contributed by atoms with E-state index < -0.39 is 0 Å². The summed E-state index contributed by atoms with van der Waals surface area (Å²) >= 11 is 0. The van der Waals surface area contributed by atoms with Crippen LogP contribution in [0, 0.1) is 5.92 Å². The van der Waals surface area contributed by atoms with Crippen LogP contribution >= 0.6 is 0 Å². The molecule has 2 heterocycles. The number of amides is 1. The Bertz CT molecular complexity index is 494. The summed E-state index contributed by atoms with van der Waals surface area (Å²) in [6.45, 7) is 6.86. The molecule has 0 spiro atoms. The van der Waals surface area contributed by atoms with E-state index in [1.165, 1.54) is 0 Å². The molecule has 5 heteroatoms. The molecule has 2 fully saturated rings. The molecule has 0 radical (unpaired) electrons. The van der Waals surface area contributed by atoms with Crippen LogP contribution in [0.5, 0.6) is 0 Å². The molecule has 3 rings (SSSR count). The lowest BCUT2D eigenvalue weighted by Crippen LogP contribution is -2.45. The Hall–Kier alpha value is -1.43. The third-order valence-corrected chi connectivity index (χ3v) is 5.02. The van der Waals surface area contributed by atoms with Gasteiger partial charge in [-0.2, -0.15) is 0 Å². The molecule has 1 atom stereocenters. The van der Waals surface area contributed by atoms with E-state index >= 15 is 0 Å². The zero-order valence-corrected chi connectivity index (χ0v) is 13.7. The van der Waals surface area contributed by atoms with Gasteiger partial charge in [0.2, 0.25) is 5.91 Å². The molecule has 0 bridgehead atoms. The number of primary amides is 1. The van der Waals surface area contributed by atoms with Crippen LogP contribution in [0.3, 0.4) is 0 Å². The van der Waals surface area contributed by atoms with Gasteiger partial charge in [0.1, 0.15) is 6.04 Å². The number of hydrogen-bond donors (Lipinski definition) is 1.